The first-order valence-corrected chi connectivity index (χ1v) is 6.64. The van der Waals surface area contributed by atoms with Gasteiger partial charge in [-0.15, -0.1) is 6.58 Å². The number of nitrogens with zero attached hydrogens (tertiary/aromatic N) is 2. The lowest BCUT2D eigenvalue weighted by molar-refractivity contribution is 0.0952. The smallest absolute Gasteiger partial charge is 0.271 e. The van der Waals surface area contributed by atoms with Gasteiger partial charge >= 0.3 is 0 Å². The summed E-state index contributed by atoms with van der Waals surface area (Å²) in [4.78, 5) is 19.9. The molecule has 1 amide bonds. The predicted octanol–water partition coefficient (Wildman–Crippen LogP) is 1.86. The number of nitrogens with one attached hydrogen (secondary N) is 2. The average molecular weight is 298 g/mol. The third kappa shape index (κ3) is 2.98. The Balaban J connectivity index is 1.68. The number of fused-ring (bicyclic) bond motifs is 1. The fourth-order valence-electron chi connectivity index (χ4n) is 1.89. The van der Waals surface area contributed by atoms with Crippen LogP contribution in [0.15, 0.2) is 43.2 Å². The molecule has 1 aromatic heterocycles. The van der Waals surface area contributed by atoms with Crippen LogP contribution in [0.3, 0.4) is 0 Å². The van der Waals surface area contributed by atoms with Crippen molar-refractivity contribution in [2.45, 2.75) is 0 Å². The molecule has 0 aliphatic carbocycles. The molecule has 7 nitrogen and oxygen atoms in total. The minimum atomic E-state index is -0.290. The fourth-order valence-corrected chi connectivity index (χ4v) is 1.89. The quantitative estimate of drug-likeness (QED) is 0.820. The van der Waals surface area contributed by atoms with Crippen LogP contribution < -0.4 is 20.1 Å². The molecule has 1 aliphatic heterocycles. The van der Waals surface area contributed by atoms with Crippen LogP contribution in [0, 0.1) is 0 Å². The van der Waals surface area contributed by atoms with Crippen molar-refractivity contribution in [3.8, 4) is 11.5 Å². The van der Waals surface area contributed by atoms with E-state index in [2.05, 4.69) is 27.2 Å². The van der Waals surface area contributed by atoms with Gasteiger partial charge in [0.25, 0.3) is 5.91 Å². The lowest BCUT2D eigenvalue weighted by Crippen LogP contribution is -2.24. The van der Waals surface area contributed by atoms with Gasteiger partial charge in [-0.05, 0) is 12.1 Å². The van der Waals surface area contributed by atoms with Crippen molar-refractivity contribution in [3.05, 3.63) is 48.9 Å². The van der Waals surface area contributed by atoms with Gasteiger partial charge in [0, 0.05) is 18.3 Å². The van der Waals surface area contributed by atoms with E-state index in [4.69, 9.17) is 9.47 Å². The molecule has 0 atom stereocenters. The maximum atomic E-state index is 11.7. The number of ether oxygens (including phenoxy) is 2. The number of hydrogen-bond acceptors (Lipinski definition) is 6. The van der Waals surface area contributed by atoms with E-state index in [0.717, 1.165) is 5.69 Å². The number of benzene rings is 1. The summed E-state index contributed by atoms with van der Waals surface area (Å²) in [5, 5.41) is 5.72. The first-order chi connectivity index (χ1) is 10.8. The summed E-state index contributed by atoms with van der Waals surface area (Å²) in [5.74, 6) is 1.63. The monoisotopic (exact) mass is 298 g/mol. The zero-order chi connectivity index (χ0) is 15.4. The molecule has 2 N–H and O–H groups in total. The normalized spacial score (nSPS) is 11.8. The Labute approximate surface area is 127 Å². The lowest BCUT2D eigenvalue weighted by atomic mass is 10.3. The number of carbonyl (C=O) groups excluding carboxylic acids is 1. The van der Waals surface area contributed by atoms with Crippen molar-refractivity contribution in [1.29, 1.82) is 0 Å². The Hall–Kier alpha value is -3.09. The molecule has 2 heterocycles. The van der Waals surface area contributed by atoms with Crippen LogP contribution in [-0.4, -0.2) is 29.2 Å². The van der Waals surface area contributed by atoms with E-state index in [1.807, 2.05) is 18.2 Å². The summed E-state index contributed by atoms with van der Waals surface area (Å²) in [6, 6.07) is 5.48. The Morgan fingerprint density at radius 3 is 2.91 bits per heavy atom. The molecule has 3 rings (SSSR count). The molecule has 0 spiro atoms. The van der Waals surface area contributed by atoms with Crippen LogP contribution >= 0.6 is 0 Å². The van der Waals surface area contributed by atoms with Crippen molar-refractivity contribution >= 4 is 17.4 Å². The Morgan fingerprint density at radius 2 is 2.14 bits per heavy atom. The summed E-state index contributed by atoms with van der Waals surface area (Å²) < 4.78 is 10.6. The minimum Gasteiger partial charge on any atom is -0.454 e. The van der Waals surface area contributed by atoms with Crippen LogP contribution in [0.2, 0.25) is 0 Å². The van der Waals surface area contributed by atoms with Crippen molar-refractivity contribution < 1.29 is 14.3 Å². The van der Waals surface area contributed by atoms with Gasteiger partial charge < -0.3 is 20.1 Å². The second-order valence-corrected chi connectivity index (χ2v) is 4.48. The van der Waals surface area contributed by atoms with E-state index in [-0.39, 0.29) is 18.4 Å². The second-order valence-electron chi connectivity index (χ2n) is 4.48. The summed E-state index contributed by atoms with van der Waals surface area (Å²) in [6.07, 6.45) is 4.50. The van der Waals surface area contributed by atoms with Gasteiger partial charge in [-0.3, -0.25) is 4.79 Å². The van der Waals surface area contributed by atoms with Crippen molar-refractivity contribution in [2.75, 3.05) is 18.7 Å². The predicted molar refractivity (Wildman–Crippen MR) is 80.4 cm³/mol. The highest BCUT2D eigenvalue weighted by molar-refractivity contribution is 5.92. The first kappa shape index (κ1) is 13.9. The number of anilines is 2. The van der Waals surface area contributed by atoms with E-state index in [1.165, 1.54) is 12.4 Å². The summed E-state index contributed by atoms with van der Waals surface area (Å²) >= 11 is 0. The van der Waals surface area contributed by atoms with Gasteiger partial charge in [0.2, 0.25) is 6.79 Å². The molecule has 112 valence electrons. The number of amides is 1. The topological polar surface area (TPSA) is 85.4 Å². The van der Waals surface area contributed by atoms with E-state index in [1.54, 1.807) is 6.08 Å². The van der Waals surface area contributed by atoms with Crippen molar-refractivity contribution in [1.82, 2.24) is 15.3 Å². The van der Waals surface area contributed by atoms with E-state index in [9.17, 15) is 4.79 Å². The van der Waals surface area contributed by atoms with Crippen molar-refractivity contribution in [3.63, 3.8) is 0 Å². The molecule has 1 aliphatic rings. The van der Waals surface area contributed by atoms with Gasteiger partial charge in [0.05, 0.1) is 12.4 Å². The van der Waals surface area contributed by atoms with Crippen LogP contribution in [0.25, 0.3) is 0 Å². The molecule has 22 heavy (non-hydrogen) atoms. The zero-order valence-electron chi connectivity index (χ0n) is 11.7. The van der Waals surface area contributed by atoms with Crippen LogP contribution in [0.5, 0.6) is 11.5 Å². The second kappa shape index (κ2) is 6.13. The minimum absolute atomic E-state index is 0.229. The molecule has 7 heteroatoms. The number of rotatable bonds is 5. The van der Waals surface area contributed by atoms with Gasteiger partial charge in [0.1, 0.15) is 11.5 Å². The highest BCUT2D eigenvalue weighted by atomic mass is 16.7. The van der Waals surface area contributed by atoms with E-state index >= 15 is 0 Å². The largest absolute Gasteiger partial charge is 0.454 e. The third-order valence-electron chi connectivity index (χ3n) is 2.94. The molecule has 0 unspecified atom stereocenters. The summed E-state index contributed by atoms with van der Waals surface area (Å²) in [7, 11) is 0. The third-order valence-corrected chi connectivity index (χ3v) is 2.94. The number of aromatic nitrogens is 2. The highest BCUT2D eigenvalue weighted by Crippen LogP contribution is 2.34. The Kier molecular flexibility index (Phi) is 3.86. The van der Waals surface area contributed by atoms with Crippen LogP contribution in [0.1, 0.15) is 10.5 Å². The molecule has 0 bridgehead atoms. The van der Waals surface area contributed by atoms with Crippen LogP contribution in [0.4, 0.5) is 11.5 Å². The summed E-state index contributed by atoms with van der Waals surface area (Å²) in [5.41, 5.74) is 1.04. The Bertz CT molecular complexity index is 700. The maximum Gasteiger partial charge on any atom is 0.271 e. The molecule has 1 aromatic carbocycles. The number of hydrogen-bond donors (Lipinski definition) is 2. The molecule has 0 saturated carbocycles. The molecule has 0 fully saturated rings. The highest BCUT2D eigenvalue weighted by Gasteiger charge is 2.13. The zero-order valence-corrected chi connectivity index (χ0v) is 11.7. The number of carbonyl (C=O) groups is 1. The SMILES string of the molecule is C=CCNC(=O)c1cnc(Nc2ccc3c(c2)OCO3)cn1. The molecule has 0 saturated heterocycles. The van der Waals surface area contributed by atoms with E-state index < -0.39 is 0 Å². The standard InChI is InChI=1S/C15H14N4O3/c1-2-5-16-15(20)11-7-18-14(8-17-11)19-10-3-4-12-13(6-10)22-9-21-12/h2-4,6-8H,1,5,9H2,(H,16,20)(H,18,19). The fraction of sp³-hybridized carbons (Fsp3) is 0.133. The first-order valence-electron chi connectivity index (χ1n) is 6.64. The Morgan fingerprint density at radius 1 is 1.27 bits per heavy atom. The van der Waals surface area contributed by atoms with Crippen LogP contribution in [-0.2, 0) is 0 Å². The molecule has 2 aromatic rings. The molecule has 0 radical (unpaired) electrons. The van der Waals surface area contributed by atoms with E-state index in [0.29, 0.717) is 23.9 Å². The maximum absolute atomic E-state index is 11.7. The van der Waals surface area contributed by atoms with Gasteiger partial charge in [-0.1, -0.05) is 6.08 Å². The summed E-state index contributed by atoms with van der Waals surface area (Å²) in [6.45, 7) is 4.15. The lowest BCUT2D eigenvalue weighted by Gasteiger charge is -2.07. The molecular weight excluding hydrogens is 284 g/mol. The average Bonchev–Trinajstić information content (AvgIpc) is 3.01. The van der Waals surface area contributed by atoms with Gasteiger partial charge in [-0.2, -0.15) is 0 Å². The van der Waals surface area contributed by atoms with Gasteiger partial charge in [-0.25, -0.2) is 9.97 Å². The van der Waals surface area contributed by atoms with Crippen molar-refractivity contribution in [2.24, 2.45) is 0 Å². The van der Waals surface area contributed by atoms with Gasteiger partial charge in [0.15, 0.2) is 11.5 Å². The molecular formula is C15H14N4O3.